The van der Waals surface area contributed by atoms with Crippen LogP contribution < -0.4 is 10.6 Å². The van der Waals surface area contributed by atoms with Crippen molar-refractivity contribution in [3.05, 3.63) is 54.5 Å². The minimum absolute atomic E-state index is 0.00201. The number of rotatable bonds is 8. The Bertz CT molecular complexity index is 1480. The van der Waals surface area contributed by atoms with Crippen LogP contribution in [0.15, 0.2) is 48.8 Å². The van der Waals surface area contributed by atoms with Gasteiger partial charge >= 0.3 is 0 Å². The van der Waals surface area contributed by atoms with E-state index in [0.29, 0.717) is 5.69 Å². The van der Waals surface area contributed by atoms with Gasteiger partial charge in [-0.15, -0.1) is 0 Å². The van der Waals surface area contributed by atoms with Crippen molar-refractivity contribution in [2.75, 3.05) is 51.6 Å². The number of piperidine rings is 2. The molecule has 1 aromatic carbocycles. The summed E-state index contributed by atoms with van der Waals surface area (Å²) in [6.07, 6.45) is 10.8. The van der Waals surface area contributed by atoms with Crippen LogP contribution in [0.5, 0.6) is 0 Å². The van der Waals surface area contributed by atoms with Crippen molar-refractivity contribution < 1.29 is 4.79 Å². The number of carbonyl (C=O) groups is 1. The number of aromatic nitrogens is 3. The molecular weight excluding hydrogens is 498 g/mol. The van der Waals surface area contributed by atoms with Gasteiger partial charge in [-0.3, -0.25) is 9.78 Å². The summed E-state index contributed by atoms with van der Waals surface area (Å²) in [5, 5.41) is 9.02. The van der Waals surface area contributed by atoms with Gasteiger partial charge in [0.15, 0.2) is 0 Å². The fourth-order valence-corrected chi connectivity index (χ4v) is 6.21. The molecule has 2 aliphatic rings. The summed E-state index contributed by atoms with van der Waals surface area (Å²) < 4.78 is 2.00. The SMILES string of the molecule is CN1CCC(NC(=O)c2cc3cc(-c4cc(NCCCN5CCCCC5)c5cnccc5n4)ccc3n2C)CC1. The number of nitrogens with zero attached hydrogens (tertiary/aromatic N) is 5. The number of fused-ring (bicyclic) bond motifs is 2. The number of hydrogen-bond donors (Lipinski definition) is 2. The van der Waals surface area contributed by atoms with Crippen LogP contribution in [0, 0.1) is 0 Å². The molecule has 0 atom stereocenters. The van der Waals surface area contributed by atoms with Crippen LogP contribution in [-0.4, -0.2) is 82.6 Å². The first kappa shape index (κ1) is 26.7. The highest BCUT2D eigenvalue weighted by atomic mass is 16.2. The molecule has 0 spiro atoms. The van der Waals surface area contributed by atoms with E-state index in [1.807, 2.05) is 29.9 Å². The maximum absolute atomic E-state index is 13.2. The number of nitrogens with one attached hydrogen (secondary N) is 2. The van der Waals surface area contributed by atoms with Gasteiger partial charge in [-0.05, 0) is 102 Å². The van der Waals surface area contributed by atoms with E-state index < -0.39 is 0 Å². The highest BCUT2D eigenvalue weighted by molar-refractivity contribution is 6.00. The van der Waals surface area contributed by atoms with Crippen LogP contribution in [0.4, 0.5) is 5.69 Å². The Morgan fingerprint density at radius 3 is 2.65 bits per heavy atom. The molecule has 0 radical (unpaired) electrons. The molecule has 8 nitrogen and oxygen atoms in total. The Morgan fingerprint density at radius 1 is 1.00 bits per heavy atom. The molecule has 8 heteroatoms. The lowest BCUT2D eigenvalue weighted by atomic mass is 10.1. The number of amides is 1. The molecular formula is C32H41N7O. The van der Waals surface area contributed by atoms with Crippen LogP contribution in [0.2, 0.25) is 0 Å². The van der Waals surface area contributed by atoms with Crippen molar-refractivity contribution in [1.82, 2.24) is 29.7 Å². The quantitative estimate of drug-likeness (QED) is 0.310. The summed E-state index contributed by atoms with van der Waals surface area (Å²) in [7, 11) is 4.11. The third-order valence-electron chi connectivity index (χ3n) is 8.65. The Hall–Kier alpha value is -3.49. The van der Waals surface area contributed by atoms with Gasteiger partial charge in [-0.2, -0.15) is 0 Å². The number of aryl methyl sites for hydroxylation is 1. The van der Waals surface area contributed by atoms with Crippen LogP contribution in [0.3, 0.4) is 0 Å². The van der Waals surface area contributed by atoms with Gasteiger partial charge in [0.05, 0.1) is 11.2 Å². The Balaban J connectivity index is 1.21. The summed E-state index contributed by atoms with van der Waals surface area (Å²) in [5.74, 6) is 0.00201. The minimum atomic E-state index is 0.00201. The van der Waals surface area contributed by atoms with E-state index in [9.17, 15) is 4.79 Å². The van der Waals surface area contributed by atoms with Gasteiger partial charge in [0, 0.05) is 59.6 Å². The standard InChI is InChI=1S/C32H41N7O/c1-37-17-10-25(11-18-37)35-32(40)31-20-24-19-23(7-8-30(24)38(31)2)28-21-29(26-22-33-13-9-27(26)36-28)34-12-6-16-39-14-4-3-5-15-39/h7-9,13,19-22,25H,3-6,10-12,14-18H2,1-2H3,(H,34,36)(H,35,40). The lowest BCUT2D eigenvalue weighted by molar-refractivity contribution is 0.0909. The molecule has 4 aromatic rings. The Labute approximate surface area is 236 Å². The van der Waals surface area contributed by atoms with Gasteiger partial charge < -0.3 is 25.0 Å². The van der Waals surface area contributed by atoms with Crippen molar-refractivity contribution in [2.45, 2.75) is 44.6 Å². The maximum atomic E-state index is 13.2. The number of likely N-dealkylation sites (tertiary alicyclic amines) is 2. The number of hydrogen-bond acceptors (Lipinski definition) is 6. The average Bonchev–Trinajstić information content (AvgIpc) is 3.32. The zero-order valence-electron chi connectivity index (χ0n) is 23.8. The molecule has 0 aliphatic carbocycles. The molecule has 0 bridgehead atoms. The first-order chi connectivity index (χ1) is 19.5. The van der Waals surface area contributed by atoms with E-state index in [-0.39, 0.29) is 11.9 Å². The molecule has 0 saturated carbocycles. The number of carbonyl (C=O) groups excluding carboxylic acids is 1. The van der Waals surface area contributed by atoms with E-state index in [1.165, 1.54) is 32.4 Å². The monoisotopic (exact) mass is 539 g/mol. The van der Waals surface area contributed by atoms with Crippen molar-refractivity contribution in [3.8, 4) is 11.3 Å². The zero-order chi connectivity index (χ0) is 27.5. The predicted octanol–water partition coefficient (Wildman–Crippen LogP) is 4.90. The van der Waals surface area contributed by atoms with Gasteiger partial charge in [0.25, 0.3) is 5.91 Å². The van der Waals surface area contributed by atoms with Gasteiger partial charge in [0.1, 0.15) is 5.69 Å². The number of pyridine rings is 2. The molecule has 40 heavy (non-hydrogen) atoms. The van der Waals surface area contributed by atoms with Gasteiger partial charge in [0.2, 0.25) is 0 Å². The van der Waals surface area contributed by atoms with Crippen LogP contribution >= 0.6 is 0 Å². The summed E-state index contributed by atoms with van der Waals surface area (Å²) in [5.41, 5.74) is 5.68. The third-order valence-corrected chi connectivity index (χ3v) is 8.65. The molecule has 6 rings (SSSR count). The third kappa shape index (κ3) is 5.83. The fourth-order valence-electron chi connectivity index (χ4n) is 6.21. The molecule has 0 unspecified atom stereocenters. The Morgan fingerprint density at radius 2 is 1.82 bits per heavy atom. The first-order valence-electron chi connectivity index (χ1n) is 14.9. The van der Waals surface area contributed by atoms with E-state index >= 15 is 0 Å². The second kappa shape index (κ2) is 11.9. The van der Waals surface area contributed by atoms with Crippen LogP contribution in [0.1, 0.15) is 49.0 Å². The lowest BCUT2D eigenvalue weighted by Crippen LogP contribution is -2.43. The minimum Gasteiger partial charge on any atom is -0.384 e. The van der Waals surface area contributed by atoms with E-state index in [1.54, 1.807) is 6.20 Å². The summed E-state index contributed by atoms with van der Waals surface area (Å²) in [6.45, 7) is 6.56. The largest absolute Gasteiger partial charge is 0.384 e. The zero-order valence-corrected chi connectivity index (χ0v) is 23.8. The topological polar surface area (TPSA) is 78.3 Å². The van der Waals surface area contributed by atoms with Crippen LogP contribution in [-0.2, 0) is 7.05 Å². The number of benzene rings is 1. The maximum Gasteiger partial charge on any atom is 0.268 e. The summed E-state index contributed by atoms with van der Waals surface area (Å²) in [4.78, 5) is 27.4. The van der Waals surface area contributed by atoms with Gasteiger partial charge in [-0.25, -0.2) is 4.98 Å². The Kier molecular flexibility index (Phi) is 7.98. The smallest absolute Gasteiger partial charge is 0.268 e. The molecule has 5 heterocycles. The van der Waals surface area contributed by atoms with E-state index in [2.05, 4.69) is 56.7 Å². The first-order valence-corrected chi connectivity index (χ1v) is 14.9. The van der Waals surface area contributed by atoms with E-state index in [4.69, 9.17) is 4.98 Å². The highest BCUT2D eigenvalue weighted by Gasteiger charge is 2.21. The second-order valence-electron chi connectivity index (χ2n) is 11.5. The molecule has 2 saturated heterocycles. The molecule has 2 fully saturated rings. The lowest BCUT2D eigenvalue weighted by Gasteiger charge is -2.29. The second-order valence-corrected chi connectivity index (χ2v) is 11.5. The van der Waals surface area contributed by atoms with Crippen molar-refractivity contribution in [3.63, 3.8) is 0 Å². The van der Waals surface area contributed by atoms with E-state index in [0.717, 1.165) is 84.2 Å². The summed E-state index contributed by atoms with van der Waals surface area (Å²) >= 11 is 0. The molecule has 2 aliphatic heterocycles. The normalized spacial score (nSPS) is 17.4. The van der Waals surface area contributed by atoms with Crippen molar-refractivity contribution in [2.24, 2.45) is 7.05 Å². The molecule has 210 valence electrons. The van der Waals surface area contributed by atoms with Crippen molar-refractivity contribution >= 4 is 33.4 Å². The van der Waals surface area contributed by atoms with Crippen LogP contribution in [0.25, 0.3) is 33.1 Å². The number of anilines is 1. The average molecular weight is 540 g/mol. The van der Waals surface area contributed by atoms with Gasteiger partial charge in [-0.1, -0.05) is 12.5 Å². The van der Waals surface area contributed by atoms with Crippen molar-refractivity contribution in [1.29, 1.82) is 0 Å². The predicted molar refractivity (Wildman–Crippen MR) is 163 cm³/mol. The molecule has 1 amide bonds. The molecule has 3 aromatic heterocycles. The molecule has 2 N–H and O–H groups in total. The fraction of sp³-hybridized carbons (Fsp3) is 0.469. The highest BCUT2D eigenvalue weighted by Crippen LogP contribution is 2.31. The summed E-state index contributed by atoms with van der Waals surface area (Å²) in [6, 6.07) is 12.7.